The highest BCUT2D eigenvalue weighted by Crippen LogP contribution is 2.69. The summed E-state index contributed by atoms with van der Waals surface area (Å²) in [5.41, 5.74) is -1.18. The van der Waals surface area contributed by atoms with Crippen molar-refractivity contribution in [1.29, 1.82) is 0 Å². The number of benzene rings is 1. The fourth-order valence-corrected chi connectivity index (χ4v) is 11.3. The monoisotopic (exact) mass is 629 g/mol. The number of carbonyl (C=O) groups excluding carboxylic acids is 1. The molecular formula is C32H46F3NO6S. The van der Waals surface area contributed by atoms with Crippen molar-refractivity contribution < 1.29 is 41.3 Å². The molecule has 0 aromatic heterocycles. The van der Waals surface area contributed by atoms with E-state index in [2.05, 4.69) is 20.8 Å². The Bertz CT molecular complexity index is 1290. The molecule has 10 atom stereocenters. The smallest absolute Gasteiger partial charge is 0.421 e. The lowest BCUT2D eigenvalue weighted by atomic mass is 9.41. The van der Waals surface area contributed by atoms with Gasteiger partial charge in [0.25, 0.3) is 10.0 Å². The van der Waals surface area contributed by atoms with Crippen LogP contribution in [0.5, 0.6) is 0 Å². The molecule has 1 aromatic carbocycles. The van der Waals surface area contributed by atoms with E-state index in [0.717, 1.165) is 76.0 Å². The first-order valence-electron chi connectivity index (χ1n) is 15.9. The van der Waals surface area contributed by atoms with E-state index in [9.17, 15) is 36.6 Å². The third-order valence-corrected chi connectivity index (χ3v) is 13.6. The number of alkyl halides is 3. The second-order valence-electron chi connectivity index (χ2n) is 14.1. The number of fused-ring (bicyclic) bond motifs is 5. The predicted octanol–water partition coefficient (Wildman–Crippen LogP) is 6.53. The van der Waals surface area contributed by atoms with Crippen molar-refractivity contribution in [2.24, 2.45) is 46.3 Å². The van der Waals surface area contributed by atoms with Gasteiger partial charge in [-0.05, 0) is 116 Å². The van der Waals surface area contributed by atoms with Gasteiger partial charge in [0.1, 0.15) is 0 Å². The number of carbonyl (C=O) groups is 1. The van der Waals surface area contributed by atoms with Gasteiger partial charge in [-0.2, -0.15) is 13.2 Å². The van der Waals surface area contributed by atoms with Gasteiger partial charge in [-0.15, -0.1) is 0 Å². The first-order chi connectivity index (χ1) is 20.1. The van der Waals surface area contributed by atoms with E-state index in [1.54, 1.807) is 4.72 Å². The number of amides is 1. The van der Waals surface area contributed by atoms with Gasteiger partial charge in [0.15, 0.2) is 0 Å². The predicted molar refractivity (Wildman–Crippen MR) is 154 cm³/mol. The summed E-state index contributed by atoms with van der Waals surface area (Å²) in [6.07, 6.45) is 2.13. The molecule has 0 heterocycles. The maximum absolute atomic E-state index is 13.3. The third-order valence-electron chi connectivity index (χ3n) is 12.2. The number of ether oxygens (including phenoxy) is 1. The van der Waals surface area contributed by atoms with Gasteiger partial charge in [-0.1, -0.05) is 39.3 Å². The highest BCUT2D eigenvalue weighted by Gasteiger charge is 2.64. The van der Waals surface area contributed by atoms with Gasteiger partial charge in [-0.25, -0.2) is 17.9 Å². The lowest BCUT2D eigenvalue weighted by Crippen LogP contribution is -2.62. The molecule has 0 saturated heterocycles. The molecule has 11 heteroatoms. The van der Waals surface area contributed by atoms with Crippen LogP contribution in [0.1, 0.15) is 90.5 Å². The minimum Gasteiger partial charge on any atom is -0.449 e. The number of aliphatic hydroxyl groups is 2. The molecule has 0 radical (unpaired) electrons. The average molecular weight is 630 g/mol. The fourth-order valence-electron chi connectivity index (χ4n) is 10.2. The van der Waals surface area contributed by atoms with Crippen LogP contribution < -0.4 is 4.72 Å². The third kappa shape index (κ3) is 5.83. The van der Waals surface area contributed by atoms with Crippen molar-refractivity contribution in [3.63, 3.8) is 0 Å². The van der Waals surface area contributed by atoms with Crippen molar-refractivity contribution in [2.45, 2.75) is 108 Å². The Morgan fingerprint density at radius 1 is 1.02 bits per heavy atom. The Balaban J connectivity index is 1.19. The molecule has 5 rings (SSSR count). The molecule has 43 heavy (non-hydrogen) atoms. The van der Waals surface area contributed by atoms with Gasteiger partial charge in [0.05, 0.1) is 29.3 Å². The van der Waals surface area contributed by atoms with Gasteiger partial charge in [0, 0.05) is 0 Å². The Hall–Kier alpha value is -1.85. The maximum Gasteiger partial charge on any atom is 0.421 e. The summed E-state index contributed by atoms with van der Waals surface area (Å²) in [7, 11) is -4.77. The molecule has 242 valence electrons. The van der Waals surface area contributed by atoms with Gasteiger partial charge in [0.2, 0.25) is 0 Å². The van der Waals surface area contributed by atoms with Crippen LogP contribution in [0.2, 0.25) is 0 Å². The summed E-state index contributed by atoms with van der Waals surface area (Å²) < 4.78 is 71.6. The molecule has 3 N–H and O–H groups in total. The Morgan fingerprint density at radius 3 is 2.40 bits per heavy atom. The minimum atomic E-state index is -4.90. The zero-order valence-electron chi connectivity index (χ0n) is 25.3. The number of nitrogens with one attached hydrogen (secondary N) is 1. The normalized spacial score (nSPS) is 39.3. The molecule has 0 spiro atoms. The number of hydrogen-bond acceptors (Lipinski definition) is 6. The van der Waals surface area contributed by atoms with Crippen LogP contribution in [0.15, 0.2) is 29.2 Å². The molecule has 0 aliphatic heterocycles. The van der Waals surface area contributed by atoms with Crippen LogP contribution in [0.25, 0.3) is 0 Å². The van der Waals surface area contributed by atoms with Crippen LogP contribution in [-0.4, -0.2) is 43.5 Å². The SMILES string of the molecule is CC[C@H]1[C@@H](O)[C@@H]2[C@H](CC[C@]3(C)[C@@H](CCCOC(=O)NS(=O)(=O)c4ccccc4C(F)(F)F)CC[C@@H]23)[C@@]2(C)CC[C@@H](O)C[C@@H]12. The van der Waals surface area contributed by atoms with Gasteiger partial charge in [-0.3, -0.25) is 0 Å². The number of hydrogen-bond donors (Lipinski definition) is 3. The molecular weight excluding hydrogens is 583 g/mol. The molecule has 4 aliphatic carbocycles. The average Bonchev–Trinajstić information content (AvgIpc) is 3.27. The van der Waals surface area contributed by atoms with E-state index in [-0.39, 0.29) is 41.5 Å². The molecule has 0 unspecified atom stereocenters. The number of aliphatic hydroxyl groups excluding tert-OH is 2. The quantitative estimate of drug-likeness (QED) is 0.296. The Morgan fingerprint density at radius 2 is 1.70 bits per heavy atom. The summed E-state index contributed by atoms with van der Waals surface area (Å²) in [5.74, 6) is 1.97. The second kappa shape index (κ2) is 11.8. The van der Waals surface area contributed by atoms with E-state index < -0.39 is 32.8 Å². The standard InChI is InChI=1S/C32H46F3NO6S/c1-4-21-25-18-20(37)13-15-31(25,3)24-14-16-30(2)19(11-12-23(30)27(24)28(21)38)8-7-17-42-29(39)36-43(40,41)26-10-6-5-9-22(26)32(33,34)35/h5-6,9-10,19-21,23-25,27-28,37-38H,4,7-8,11-18H2,1-3H3,(H,36,39)/t19-,20+,21+,23-,24-,25-,27-,28+,30+,31+/m0/s1. The van der Waals surface area contributed by atoms with E-state index in [0.29, 0.717) is 36.2 Å². The summed E-state index contributed by atoms with van der Waals surface area (Å²) in [6.45, 7) is 6.87. The summed E-state index contributed by atoms with van der Waals surface area (Å²) >= 11 is 0. The topological polar surface area (TPSA) is 113 Å². The van der Waals surface area contributed by atoms with Crippen molar-refractivity contribution >= 4 is 16.1 Å². The van der Waals surface area contributed by atoms with Crippen LogP contribution in [0.4, 0.5) is 18.0 Å². The van der Waals surface area contributed by atoms with Crippen LogP contribution >= 0.6 is 0 Å². The molecule has 4 fully saturated rings. The summed E-state index contributed by atoms with van der Waals surface area (Å²) in [4.78, 5) is 11.2. The van der Waals surface area contributed by atoms with Crippen LogP contribution in [0.3, 0.4) is 0 Å². The summed E-state index contributed by atoms with van der Waals surface area (Å²) in [5, 5.41) is 22.3. The second-order valence-corrected chi connectivity index (χ2v) is 15.7. The van der Waals surface area contributed by atoms with Gasteiger partial charge < -0.3 is 14.9 Å². The van der Waals surface area contributed by atoms with E-state index in [1.807, 2.05) is 0 Å². The highest BCUT2D eigenvalue weighted by atomic mass is 32.2. The van der Waals surface area contributed by atoms with Crippen LogP contribution in [-0.2, 0) is 20.9 Å². The zero-order valence-corrected chi connectivity index (χ0v) is 26.1. The first-order valence-corrected chi connectivity index (χ1v) is 17.3. The molecule has 0 bridgehead atoms. The maximum atomic E-state index is 13.3. The fraction of sp³-hybridized carbons (Fsp3) is 0.781. The molecule has 7 nitrogen and oxygen atoms in total. The number of halogens is 3. The van der Waals surface area contributed by atoms with Crippen molar-refractivity contribution in [3.05, 3.63) is 29.8 Å². The molecule has 1 amide bonds. The van der Waals surface area contributed by atoms with E-state index in [1.165, 1.54) is 0 Å². The van der Waals surface area contributed by atoms with Gasteiger partial charge >= 0.3 is 12.3 Å². The Kier molecular flexibility index (Phi) is 8.95. The van der Waals surface area contributed by atoms with Crippen molar-refractivity contribution in [2.75, 3.05) is 6.61 Å². The van der Waals surface area contributed by atoms with Crippen LogP contribution in [0, 0.1) is 46.3 Å². The lowest BCUT2D eigenvalue weighted by Gasteiger charge is -2.64. The molecule has 1 aromatic rings. The molecule has 4 aliphatic rings. The number of rotatable bonds is 7. The van der Waals surface area contributed by atoms with E-state index >= 15 is 0 Å². The van der Waals surface area contributed by atoms with Crippen molar-refractivity contribution in [1.82, 2.24) is 4.72 Å². The van der Waals surface area contributed by atoms with Crippen molar-refractivity contribution in [3.8, 4) is 0 Å². The number of sulfonamides is 1. The minimum absolute atomic E-state index is 0.0463. The highest BCUT2D eigenvalue weighted by molar-refractivity contribution is 7.90. The summed E-state index contributed by atoms with van der Waals surface area (Å²) in [6, 6.07) is 3.69. The van der Waals surface area contributed by atoms with E-state index in [4.69, 9.17) is 4.74 Å². The Labute approximate surface area is 253 Å². The lowest BCUT2D eigenvalue weighted by molar-refractivity contribution is -0.202. The molecule has 4 saturated carbocycles. The first kappa shape index (κ1) is 32.5. The zero-order chi connectivity index (χ0) is 31.4. The largest absolute Gasteiger partial charge is 0.449 e.